The Morgan fingerprint density at radius 3 is 2.90 bits per heavy atom. The van der Waals surface area contributed by atoms with Crippen LogP contribution >= 0.6 is 23.4 Å². The lowest BCUT2D eigenvalue weighted by Gasteiger charge is -2.08. The van der Waals surface area contributed by atoms with Gasteiger partial charge in [-0.25, -0.2) is 4.98 Å². The molecule has 2 rings (SSSR count). The van der Waals surface area contributed by atoms with Gasteiger partial charge in [0.25, 0.3) is 0 Å². The van der Waals surface area contributed by atoms with Gasteiger partial charge in [0.2, 0.25) is 0 Å². The van der Waals surface area contributed by atoms with E-state index in [2.05, 4.69) is 15.1 Å². The second-order valence-electron chi connectivity index (χ2n) is 3.69. The Labute approximate surface area is 121 Å². The molecule has 2 aromatic heterocycles. The van der Waals surface area contributed by atoms with E-state index in [1.807, 2.05) is 0 Å². The highest BCUT2D eigenvalue weighted by atomic mass is 35.5. The molecule has 104 valence electrons. The molecule has 0 saturated heterocycles. The van der Waals surface area contributed by atoms with E-state index in [0.29, 0.717) is 10.6 Å². The standard InChI is InChI=1S/C10H9ClN6O2S/c1-17-10(15-7(18)8(19)16-17)20-9-5(11)4(6(12)13)2-3-14-9/h2-3H,1H3,(H3,12,13)(H,16,19). The molecular formula is C10H9ClN6O2S. The van der Waals surface area contributed by atoms with E-state index in [0.717, 1.165) is 11.8 Å². The molecule has 10 heteroatoms. The lowest BCUT2D eigenvalue weighted by atomic mass is 10.2. The van der Waals surface area contributed by atoms with Gasteiger partial charge >= 0.3 is 11.1 Å². The third kappa shape index (κ3) is 2.73. The smallest absolute Gasteiger partial charge is 0.339 e. The lowest BCUT2D eigenvalue weighted by Crippen LogP contribution is -2.33. The van der Waals surface area contributed by atoms with Gasteiger partial charge in [-0.15, -0.1) is 0 Å². The molecule has 0 unspecified atom stereocenters. The van der Waals surface area contributed by atoms with E-state index in [-0.39, 0.29) is 16.0 Å². The van der Waals surface area contributed by atoms with Gasteiger partial charge in [-0.1, -0.05) is 11.6 Å². The number of H-pyrrole nitrogens is 1. The SMILES string of the molecule is Cn1[nH]c(=O)c(=O)nc1Sc1nccc(C(=N)N)c1Cl. The highest BCUT2D eigenvalue weighted by molar-refractivity contribution is 7.99. The minimum absolute atomic E-state index is 0.186. The molecule has 20 heavy (non-hydrogen) atoms. The number of amidine groups is 1. The molecule has 0 aliphatic carbocycles. The molecule has 0 radical (unpaired) electrons. The number of pyridine rings is 1. The van der Waals surface area contributed by atoms with Crippen molar-refractivity contribution in [2.75, 3.05) is 0 Å². The second-order valence-corrected chi connectivity index (χ2v) is 5.03. The number of aromatic nitrogens is 4. The first-order valence-corrected chi connectivity index (χ1v) is 6.43. The maximum Gasteiger partial charge on any atom is 0.339 e. The van der Waals surface area contributed by atoms with Crippen LogP contribution in [-0.2, 0) is 7.05 Å². The zero-order chi connectivity index (χ0) is 14.9. The Balaban J connectivity index is 2.48. The summed E-state index contributed by atoms with van der Waals surface area (Å²) in [6, 6.07) is 1.51. The molecule has 0 fully saturated rings. The van der Waals surface area contributed by atoms with Gasteiger partial charge in [-0.2, -0.15) is 4.98 Å². The highest BCUT2D eigenvalue weighted by Gasteiger charge is 2.14. The van der Waals surface area contributed by atoms with Gasteiger partial charge in [0.15, 0.2) is 5.16 Å². The maximum atomic E-state index is 11.3. The number of nitrogens with zero attached hydrogens (tertiary/aromatic N) is 3. The van der Waals surface area contributed by atoms with Crippen LogP contribution in [0.3, 0.4) is 0 Å². The Bertz CT molecular complexity index is 799. The van der Waals surface area contributed by atoms with Crippen molar-refractivity contribution in [2.24, 2.45) is 12.8 Å². The van der Waals surface area contributed by atoms with Gasteiger partial charge in [0, 0.05) is 18.8 Å². The molecule has 0 bridgehead atoms. The van der Waals surface area contributed by atoms with Crippen molar-refractivity contribution in [1.29, 1.82) is 5.41 Å². The van der Waals surface area contributed by atoms with Crippen molar-refractivity contribution >= 4 is 29.2 Å². The van der Waals surface area contributed by atoms with E-state index in [9.17, 15) is 9.59 Å². The monoisotopic (exact) mass is 312 g/mol. The van der Waals surface area contributed by atoms with Crippen LogP contribution in [0, 0.1) is 5.41 Å². The summed E-state index contributed by atoms with van der Waals surface area (Å²) < 4.78 is 1.28. The van der Waals surface area contributed by atoms with E-state index < -0.39 is 11.1 Å². The van der Waals surface area contributed by atoms with E-state index in [1.165, 1.54) is 24.0 Å². The Kier molecular flexibility index (Phi) is 3.91. The first-order chi connectivity index (χ1) is 9.40. The van der Waals surface area contributed by atoms with Crippen LogP contribution in [0.5, 0.6) is 0 Å². The molecule has 0 saturated carbocycles. The third-order valence-electron chi connectivity index (χ3n) is 2.28. The molecular weight excluding hydrogens is 304 g/mol. The lowest BCUT2D eigenvalue weighted by molar-refractivity contribution is 0.596. The van der Waals surface area contributed by atoms with E-state index in [1.54, 1.807) is 0 Å². The van der Waals surface area contributed by atoms with Crippen molar-refractivity contribution < 1.29 is 0 Å². The van der Waals surface area contributed by atoms with Crippen molar-refractivity contribution in [2.45, 2.75) is 10.2 Å². The first-order valence-electron chi connectivity index (χ1n) is 5.24. The average Bonchev–Trinajstić information content (AvgIpc) is 2.37. The normalized spacial score (nSPS) is 10.5. The van der Waals surface area contributed by atoms with Gasteiger partial charge in [-0.3, -0.25) is 24.8 Å². The Hall–Kier alpha value is -2.13. The fourth-order valence-corrected chi connectivity index (χ4v) is 2.47. The summed E-state index contributed by atoms with van der Waals surface area (Å²) in [4.78, 5) is 30.0. The van der Waals surface area contributed by atoms with Gasteiger partial charge in [0.1, 0.15) is 10.9 Å². The highest BCUT2D eigenvalue weighted by Crippen LogP contribution is 2.31. The number of hydrogen-bond donors (Lipinski definition) is 3. The predicted octanol–water partition coefficient (Wildman–Crippen LogP) is -0.0477. The number of nitrogens with two attached hydrogens (primary N) is 1. The molecule has 0 atom stereocenters. The molecule has 4 N–H and O–H groups in total. The minimum atomic E-state index is -0.899. The number of rotatable bonds is 3. The maximum absolute atomic E-state index is 11.3. The zero-order valence-electron chi connectivity index (χ0n) is 10.2. The number of nitrogens with one attached hydrogen (secondary N) is 2. The number of hydrogen-bond acceptors (Lipinski definition) is 6. The summed E-state index contributed by atoms with van der Waals surface area (Å²) in [7, 11) is 1.53. The first kappa shape index (κ1) is 14.3. The van der Waals surface area contributed by atoms with E-state index in [4.69, 9.17) is 22.7 Å². The number of aryl methyl sites for hydroxylation is 1. The largest absolute Gasteiger partial charge is 0.384 e. The quantitative estimate of drug-likeness (QED) is 0.414. The molecule has 0 aliphatic heterocycles. The van der Waals surface area contributed by atoms with E-state index >= 15 is 0 Å². The summed E-state index contributed by atoms with van der Waals surface area (Å²) in [5.74, 6) is -0.192. The van der Waals surface area contributed by atoms with Crippen molar-refractivity contribution in [3.63, 3.8) is 0 Å². The Morgan fingerprint density at radius 2 is 2.25 bits per heavy atom. The van der Waals surface area contributed by atoms with Crippen LogP contribution in [0.15, 0.2) is 32.0 Å². The number of halogens is 1. The number of aromatic amines is 1. The summed E-state index contributed by atoms with van der Waals surface area (Å²) in [5, 5.41) is 10.4. The fourth-order valence-electron chi connectivity index (χ4n) is 1.34. The van der Waals surface area contributed by atoms with Crippen molar-refractivity contribution in [3.05, 3.63) is 43.6 Å². The topological polar surface area (TPSA) is 131 Å². The Morgan fingerprint density at radius 1 is 1.55 bits per heavy atom. The van der Waals surface area contributed by atoms with Crippen LogP contribution in [0.1, 0.15) is 5.56 Å². The molecule has 2 aromatic rings. The fraction of sp³-hybridized carbons (Fsp3) is 0.100. The molecule has 0 aromatic carbocycles. The molecule has 2 heterocycles. The summed E-state index contributed by atoms with van der Waals surface area (Å²) in [6.45, 7) is 0. The van der Waals surface area contributed by atoms with Gasteiger partial charge in [0.05, 0.1) is 5.02 Å². The minimum Gasteiger partial charge on any atom is -0.384 e. The summed E-state index contributed by atoms with van der Waals surface area (Å²) >= 11 is 7.07. The summed E-state index contributed by atoms with van der Waals surface area (Å²) in [5.41, 5.74) is 4.02. The predicted molar refractivity (Wildman–Crippen MR) is 74.5 cm³/mol. The molecule has 0 spiro atoms. The zero-order valence-corrected chi connectivity index (χ0v) is 11.7. The molecule has 8 nitrogen and oxygen atoms in total. The molecule has 0 aliphatic rings. The van der Waals surface area contributed by atoms with Crippen molar-refractivity contribution in [1.82, 2.24) is 19.7 Å². The van der Waals surface area contributed by atoms with Crippen LogP contribution in [-0.4, -0.2) is 25.6 Å². The number of nitrogen functional groups attached to an aromatic ring is 1. The molecule has 0 amide bonds. The summed E-state index contributed by atoms with van der Waals surface area (Å²) in [6.07, 6.45) is 1.44. The van der Waals surface area contributed by atoms with Crippen LogP contribution < -0.4 is 16.9 Å². The van der Waals surface area contributed by atoms with Crippen LogP contribution in [0.2, 0.25) is 5.02 Å². The van der Waals surface area contributed by atoms with Gasteiger partial charge < -0.3 is 5.73 Å². The van der Waals surface area contributed by atoms with Crippen LogP contribution in [0.25, 0.3) is 0 Å². The average molecular weight is 313 g/mol. The second kappa shape index (κ2) is 5.47. The van der Waals surface area contributed by atoms with Crippen molar-refractivity contribution in [3.8, 4) is 0 Å². The third-order valence-corrected chi connectivity index (χ3v) is 3.83. The van der Waals surface area contributed by atoms with Gasteiger partial charge in [-0.05, 0) is 17.8 Å². The van der Waals surface area contributed by atoms with Crippen LogP contribution in [0.4, 0.5) is 0 Å².